The monoisotopic (exact) mass is 1150 g/mol. The molecule has 4 amide bonds. The molecule has 25 nitrogen and oxygen atoms in total. The van der Waals surface area contributed by atoms with E-state index in [4.69, 9.17) is 48.4 Å². The summed E-state index contributed by atoms with van der Waals surface area (Å²) in [5.41, 5.74) is 1.39. The largest absolute Gasteiger partial charge is 0.349 e. The summed E-state index contributed by atoms with van der Waals surface area (Å²) in [6.45, 7) is 14.3. The molecule has 1 aromatic rings. The fourth-order valence-electron chi connectivity index (χ4n) is 7.48. The normalized spacial score (nSPS) is 16.4. The Morgan fingerprint density at radius 1 is 0.500 bits per heavy atom. The third-order valence-electron chi connectivity index (χ3n) is 10.7. The molecule has 1 aromatic carbocycles. The van der Waals surface area contributed by atoms with Gasteiger partial charge in [0.25, 0.3) is 0 Å². The summed E-state index contributed by atoms with van der Waals surface area (Å²) >= 11 is 4.82. The number of amides is 4. The summed E-state index contributed by atoms with van der Waals surface area (Å²) in [5.74, 6) is -2.01. The fourth-order valence-corrected chi connectivity index (χ4v) is 13.2. The molecule has 0 unspecified atom stereocenters. The van der Waals surface area contributed by atoms with Gasteiger partial charge in [-0.2, -0.15) is 4.99 Å². The topological polar surface area (TPSA) is 284 Å². The summed E-state index contributed by atoms with van der Waals surface area (Å²) in [6, 6.07) is 6.68. The molecule has 0 aromatic heterocycles. The molecule has 1 aliphatic rings. The number of hydrogen-bond acceptors (Lipinski definition) is 22. The fraction of sp³-hybridized carbons (Fsp3) is 0.750. The van der Waals surface area contributed by atoms with E-state index in [0.29, 0.717) is 12.1 Å². The van der Waals surface area contributed by atoms with Gasteiger partial charge in [-0.25, -0.2) is 0 Å². The van der Waals surface area contributed by atoms with Crippen LogP contribution in [0.25, 0.3) is 0 Å². The van der Waals surface area contributed by atoms with Crippen molar-refractivity contribution < 1.29 is 73.6 Å². The number of rotatable bonds is 35. The molecular weight excluding hydrogens is 1070 g/mol. The second-order valence-electron chi connectivity index (χ2n) is 16.3. The molecule has 0 aliphatic carbocycles. The second kappa shape index (κ2) is 36.4. The van der Waals surface area contributed by atoms with Crippen LogP contribution in [0.1, 0.15) is 61.0 Å². The van der Waals surface area contributed by atoms with Crippen LogP contribution in [-0.2, 0) is 80.0 Å². The van der Waals surface area contributed by atoms with Gasteiger partial charge < -0.3 is 57.5 Å². The number of hydrogen-bond donors (Lipinski definition) is 4. The van der Waals surface area contributed by atoms with Crippen LogP contribution in [0.15, 0.2) is 29.3 Å². The highest BCUT2D eigenvalue weighted by Gasteiger charge is 2.32. The lowest BCUT2D eigenvalue weighted by molar-refractivity contribution is -0.125. The van der Waals surface area contributed by atoms with Crippen molar-refractivity contribution in [2.24, 2.45) is 4.99 Å². The predicted octanol–water partition coefficient (Wildman–Crippen LogP) is 4.91. The standard InChI is InChI=1S/C44H81N9O16P4S/c1-9-62-70(58,63-10-2)33-45-41(54)29-50-21-22-51(30-42(55)46-34-71(59,64-11-3)65-12-4)25-26-53(32-44(57)48-36-73(61,68-15-7)69-16-8)40(27-38-17-19-39(20-18-38)49-37-74)28-52(24-23-50)31-43(56)47-35-72(60,66-13-5)67-14-6/h17-20,40H,9-16,21-36H2,1-8H3,(H,45,54)(H,46,55)(H,47,56)(H,48,57)/t40-/m0/s1. The summed E-state index contributed by atoms with van der Waals surface area (Å²) in [5, 5.41) is 13.1. The Morgan fingerprint density at radius 2 is 0.797 bits per heavy atom. The van der Waals surface area contributed by atoms with E-state index in [0.717, 1.165) is 5.56 Å². The Hall–Kier alpha value is -2.66. The Kier molecular flexibility index (Phi) is 33.2. The average Bonchev–Trinajstić information content (AvgIpc) is 3.34. The molecule has 424 valence electrons. The first-order valence-corrected chi connectivity index (χ1v) is 32.3. The number of nitrogens with zero attached hydrogens (tertiary/aromatic N) is 5. The highest BCUT2D eigenvalue weighted by atomic mass is 32.1. The number of carbonyl (C=O) groups excluding carboxylic acids is 4. The number of nitrogens with one attached hydrogen (secondary N) is 4. The third kappa shape index (κ3) is 27.1. The molecular formula is C44H81N9O16P4S. The first-order valence-electron chi connectivity index (χ1n) is 24.9. The number of carbonyl (C=O) groups is 4. The smallest absolute Gasteiger partial charge is 0.343 e. The maximum atomic E-state index is 14.0. The van der Waals surface area contributed by atoms with E-state index in [-0.39, 0.29) is 137 Å². The number of aliphatic imine (C=N–C) groups is 1. The van der Waals surface area contributed by atoms with Crippen LogP contribution < -0.4 is 21.3 Å². The zero-order valence-corrected chi connectivity index (χ0v) is 48.7. The molecule has 0 spiro atoms. The van der Waals surface area contributed by atoms with Crippen molar-refractivity contribution in [3.05, 3.63) is 29.8 Å². The minimum absolute atomic E-state index is 0.0817. The summed E-state index contributed by atoms with van der Waals surface area (Å²) in [6.07, 6.45) is -1.23. The number of benzene rings is 1. The molecule has 0 radical (unpaired) electrons. The van der Waals surface area contributed by atoms with Crippen molar-refractivity contribution in [2.45, 2.75) is 67.9 Å². The first-order chi connectivity index (χ1) is 35.3. The quantitative estimate of drug-likeness (QED) is 0.0399. The van der Waals surface area contributed by atoms with Crippen LogP contribution in [-0.4, -0.2) is 204 Å². The van der Waals surface area contributed by atoms with E-state index in [9.17, 15) is 37.4 Å². The third-order valence-corrected chi connectivity index (χ3v) is 18.2. The van der Waals surface area contributed by atoms with Gasteiger partial charge in [0.15, 0.2) is 0 Å². The van der Waals surface area contributed by atoms with Gasteiger partial charge in [0.1, 0.15) is 25.1 Å². The Bertz CT molecular complexity index is 2070. The minimum atomic E-state index is -3.70. The van der Waals surface area contributed by atoms with Gasteiger partial charge in [-0.05, 0) is 91.7 Å². The van der Waals surface area contributed by atoms with Crippen molar-refractivity contribution in [1.29, 1.82) is 0 Å². The molecule has 1 aliphatic heterocycles. The lowest BCUT2D eigenvalue weighted by Crippen LogP contribution is -2.55. The second-order valence-corrected chi connectivity index (χ2v) is 24.7. The van der Waals surface area contributed by atoms with Gasteiger partial charge in [0, 0.05) is 51.9 Å². The molecule has 30 heteroatoms. The van der Waals surface area contributed by atoms with E-state index in [1.165, 1.54) is 0 Å². The molecule has 4 N–H and O–H groups in total. The van der Waals surface area contributed by atoms with Crippen molar-refractivity contribution in [1.82, 2.24) is 40.9 Å². The van der Waals surface area contributed by atoms with Gasteiger partial charge in [0.2, 0.25) is 23.6 Å². The van der Waals surface area contributed by atoms with Crippen LogP contribution in [0.4, 0.5) is 5.69 Å². The summed E-state index contributed by atoms with van der Waals surface area (Å²) < 4.78 is 96.6. The average molecular weight is 1150 g/mol. The van der Waals surface area contributed by atoms with Crippen LogP contribution >= 0.6 is 42.6 Å². The van der Waals surface area contributed by atoms with Crippen molar-refractivity contribution in [2.75, 3.05) is 150 Å². The van der Waals surface area contributed by atoms with Crippen molar-refractivity contribution >= 4 is 77.1 Å². The Balaban J connectivity index is 2.74. The van der Waals surface area contributed by atoms with E-state index < -0.39 is 72.6 Å². The van der Waals surface area contributed by atoms with Gasteiger partial charge in [-0.3, -0.25) is 57.0 Å². The maximum Gasteiger partial charge on any atom is 0.349 e. The number of isothiocyanates is 1. The van der Waals surface area contributed by atoms with Crippen LogP contribution in [0.5, 0.6) is 0 Å². The SMILES string of the molecule is CCOP(=O)(CNC(=O)CN1CCN(CC(=O)NCP(=O)(OCC)OCC)CCN(CC(=O)NCP(=O)(OCC)OCC)[C@@H](Cc2ccc(N=C=S)cc2)CN(CC(=O)NCP(=O)(OCC)OCC)CC1)OCC. The molecule has 1 saturated heterocycles. The Morgan fingerprint density at radius 3 is 1.12 bits per heavy atom. The maximum absolute atomic E-state index is 14.0. The predicted molar refractivity (Wildman–Crippen MR) is 285 cm³/mol. The van der Waals surface area contributed by atoms with Gasteiger partial charge >= 0.3 is 30.4 Å². The number of thiocarbonyl (C=S) groups is 1. The molecule has 0 bridgehead atoms. The molecule has 74 heavy (non-hydrogen) atoms. The van der Waals surface area contributed by atoms with Gasteiger partial charge in [0.05, 0.1) is 89.9 Å². The van der Waals surface area contributed by atoms with Crippen molar-refractivity contribution in [3.63, 3.8) is 0 Å². The lowest BCUT2D eigenvalue weighted by atomic mass is 10.0. The molecule has 2 rings (SSSR count). The highest BCUT2D eigenvalue weighted by molar-refractivity contribution is 7.78. The first kappa shape index (κ1) is 67.4. The van der Waals surface area contributed by atoms with Crippen LogP contribution in [0.2, 0.25) is 0 Å². The zero-order chi connectivity index (χ0) is 55.0. The lowest BCUT2D eigenvalue weighted by Gasteiger charge is -2.38. The minimum Gasteiger partial charge on any atom is -0.343 e. The molecule has 0 saturated carbocycles. The van der Waals surface area contributed by atoms with Crippen LogP contribution in [0.3, 0.4) is 0 Å². The molecule has 1 atom stereocenters. The van der Waals surface area contributed by atoms with Gasteiger partial charge in [-0.1, -0.05) is 12.1 Å². The van der Waals surface area contributed by atoms with Gasteiger partial charge in [-0.15, -0.1) is 0 Å². The van der Waals surface area contributed by atoms with E-state index >= 15 is 0 Å². The Labute approximate surface area is 442 Å². The molecule has 1 fully saturated rings. The van der Waals surface area contributed by atoms with Crippen molar-refractivity contribution in [3.8, 4) is 0 Å². The zero-order valence-electron chi connectivity index (χ0n) is 44.3. The van der Waals surface area contributed by atoms with E-state index in [1.54, 1.807) is 67.5 Å². The van der Waals surface area contributed by atoms with E-state index in [1.807, 2.05) is 31.7 Å². The summed E-state index contributed by atoms with van der Waals surface area (Å²) in [4.78, 5) is 66.7. The molecule has 1 heterocycles. The summed E-state index contributed by atoms with van der Waals surface area (Å²) in [7, 11) is -14.7. The van der Waals surface area contributed by atoms with E-state index in [2.05, 4.69) is 31.4 Å². The van der Waals surface area contributed by atoms with Crippen LogP contribution in [0, 0.1) is 0 Å². The highest BCUT2D eigenvalue weighted by Crippen LogP contribution is 2.48.